The van der Waals surface area contributed by atoms with Gasteiger partial charge in [-0.3, -0.25) is 4.79 Å². The summed E-state index contributed by atoms with van der Waals surface area (Å²) in [5, 5.41) is 4.45. The molecule has 1 atom stereocenters. The molecule has 1 aliphatic heterocycles. The van der Waals surface area contributed by atoms with E-state index in [0.29, 0.717) is 18.2 Å². The number of nitrogens with one attached hydrogen (secondary N) is 1. The molecule has 0 bridgehead atoms. The Kier molecular flexibility index (Phi) is 5.32. The summed E-state index contributed by atoms with van der Waals surface area (Å²) in [6.07, 6.45) is 5.22. The van der Waals surface area contributed by atoms with Crippen LogP contribution in [0.15, 0.2) is 69.8 Å². The molecule has 3 aromatic rings. The molecule has 0 radical (unpaired) electrons. The Labute approximate surface area is 186 Å². The SMILES string of the molecule is O=C1C[C@@H](c2ccc(OC3CCCC3)cc2)c2scc(S(=O)(=O)c3ccccc3)c2N1. The third kappa shape index (κ3) is 3.88. The lowest BCUT2D eigenvalue weighted by Gasteiger charge is -2.24. The van der Waals surface area contributed by atoms with Gasteiger partial charge in [0.15, 0.2) is 0 Å². The van der Waals surface area contributed by atoms with Gasteiger partial charge in [-0.1, -0.05) is 30.3 Å². The maximum absolute atomic E-state index is 13.2. The molecule has 160 valence electrons. The van der Waals surface area contributed by atoms with E-state index in [0.717, 1.165) is 29.0 Å². The van der Waals surface area contributed by atoms with E-state index >= 15 is 0 Å². The van der Waals surface area contributed by atoms with Crippen molar-refractivity contribution < 1.29 is 17.9 Å². The molecule has 31 heavy (non-hydrogen) atoms. The van der Waals surface area contributed by atoms with E-state index in [1.54, 1.807) is 35.7 Å². The molecule has 1 fully saturated rings. The van der Waals surface area contributed by atoms with Crippen LogP contribution in [-0.4, -0.2) is 20.4 Å². The van der Waals surface area contributed by atoms with Gasteiger partial charge in [-0.05, 0) is 55.5 Å². The van der Waals surface area contributed by atoms with Crippen LogP contribution >= 0.6 is 11.3 Å². The van der Waals surface area contributed by atoms with E-state index in [1.807, 2.05) is 24.3 Å². The van der Waals surface area contributed by atoms with Gasteiger partial charge in [0, 0.05) is 22.6 Å². The van der Waals surface area contributed by atoms with E-state index in [-0.39, 0.29) is 21.6 Å². The van der Waals surface area contributed by atoms with E-state index in [4.69, 9.17) is 4.74 Å². The van der Waals surface area contributed by atoms with Crippen LogP contribution < -0.4 is 10.1 Å². The quantitative estimate of drug-likeness (QED) is 0.563. The predicted molar refractivity (Wildman–Crippen MR) is 121 cm³/mol. The van der Waals surface area contributed by atoms with Crippen LogP contribution in [0.3, 0.4) is 0 Å². The number of ether oxygens (including phenoxy) is 1. The van der Waals surface area contributed by atoms with E-state index in [9.17, 15) is 13.2 Å². The zero-order valence-corrected chi connectivity index (χ0v) is 18.5. The van der Waals surface area contributed by atoms with E-state index in [1.165, 1.54) is 24.2 Å². The van der Waals surface area contributed by atoms with E-state index in [2.05, 4.69) is 5.32 Å². The molecule has 1 N–H and O–H groups in total. The Hall–Kier alpha value is -2.64. The van der Waals surface area contributed by atoms with Crippen molar-refractivity contribution in [2.45, 2.75) is 53.9 Å². The lowest BCUT2D eigenvalue weighted by molar-refractivity contribution is -0.116. The smallest absolute Gasteiger partial charge is 0.225 e. The minimum atomic E-state index is -3.71. The minimum Gasteiger partial charge on any atom is -0.490 e. The minimum absolute atomic E-state index is 0.165. The molecule has 1 aliphatic carbocycles. The highest BCUT2D eigenvalue weighted by atomic mass is 32.2. The Morgan fingerprint density at radius 2 is 1.68 bits per heavy atom. The van der Waals surface area contributed by atoms with Crippen LogP contribution in [-0.2, 0) is 14.6 Å². The third-order valence-corrected chi connectivity index (χ3v) is 9.03. The van der Waals surface area contributed by atoms with Crippen molar-refractivity contribution in [3.05, 3.63) is 70.4 Å². The van der Waals surface area contributed by atoms with Crippen LogP contribution in [0.5, 0.6) is 5.75 Å². The second-order valence-corrected chi connectivity index (χ2v) is 10.9. The normalized spacial score (nSPS) is 19.1. The van der Waals surface area contributed by atoms with Gasteiger partial charge in [0.1, 0.15) is 10.6 Å². The van der Waals surface area contributed by atoms with Crippen LogP contribution in [0.25, 0.3) is 0 Å². The number of carbonyl (C=O) groups is 1. The molecular weight excluding hydrogens is 430 g/mol. The molecule has 2 heterocycles. The molecular formula is C24H23NO4S2. The number of fused-ring (bicyclic) bond motifs is 1. The van der Waals surface area contributed by atoms with Crippen LogP contribution in [0, 0.1) is 0 Å². The van der Waals surface area contributed by atoms with Gasteiger partial charge in [0.2, 0.25) is 15.7 Å². The van der Waals surface area contributed by atoms with Crippen LogP contribution in [0.2, 0.25) is 0 Å². The zero-order chi connectivity index (χ0) is 21.4. The number of sulfone groups is 1. The highest BCUT2D eigenvalue weighted by molar-refractivity contribution is 7.91. The Bertz CT molecular complexity index is 1190. The monoisotopic (exact) mass is 453 g/mol. The maximum atomic E-state index is 13.2. The fourth-order valence-electron chi connectivity index (χ4n) is 4.38. The fourth-order valence-corrected chi connectivity index (χ4v) is 7.30. The van der Waals surface area contributed by atoms with Crippen molar-refractivity contribution in [1.29, 1.82) is 0 Å². The first kappa shape index (κ1) is 20.3. The van der Waals surface area contributed by atoms with Crippen molar-refractivity contribution in [3.8, 4) is 5.75 Å². The molecule has 2 aromatic carbocycles. The third-order valence-electron chi connectivity index (χ3n) is 5.99. The molecule has 5 nitrogen and oxygen atoms in total. The average molecular weight is 454 g/mol. The Morgan fingerprint density at radius 3 is 2.39 bits per heavy atom. The summed E-state index contributed by atoms with van der Waals surface area (Å²) in [6, 6.07) is 16.2. The number of thiophene rings is 1. The Morgan fingerprint density at radius 1 is 0.968 bits per heavy atom. The summed E-state index contributed by atoms with van der Waals surface area (Å²) >= 11 is 1.38. The lowest BCUT2D eigenvalue weighted by Crippen LogP contribution is -2.23. The summed E-state index contributed by atoms with van der Waals surface area (Å²) in [7, 11) is -3.71. The summed E-state index contributed by atoms with van der Waals surface area (Å²) in [4.78, 5) is 13.8. The molecule has 0 spiro atoms. The van der Waals surface area contributed by atoms with Gasteiger partial charge < -0.3 is 10.1 Å². The van der Waals surface area contributed by atoms with Gasteiger partial charge in [-0.2, -0.15) is 0 Å². The van der Waals surface area contributed by atoms with Crippen molar-refractivity contribution >= 4 is 32.8 Å². The number of anilines is 1. The molecule has 1 amide bonds. The first-order valence-electron chi connectivity index (χ1n) is 10.5. The molecule has 0 saturated heterocycles. The van der Waals surface area contributed by atoms with Gasteiger partial charge in [-0.25, -0.2) is 8.42 Å². The van der Waals surface area contributed by atoms with Gasteiger partial charge in [-0.15, -0.1) is 11.3 Å². The second kappa shape index (κ2) is 8.13. The predicted octanol–water partition coefficient (Wildman–Crippen LogP) is 5.38. The summed E-state index contributed by atoms with van der Waals surface area (Å²) < 4.78 is 32.4. The molecule has 2 aliphatic rings. The molecule has 5 rings (SSSR count). The zero-order valence-electron chi connectivity index (χ0n) is 16.9. The molecule has 7 heteroatoms. The number of hydrogen-bond donors (Lipinski definition) is 1. The molecule has 1 saturated carbocycles. The number of carbonyl (C=O) groups excluding carboxylic acids is 1. The molecule has 1 aromatic heterocycles. The maximum Gasteiger partial charge on any atom is 0.225 e. The highest BCUT2D eigenvalue weighted by Gasteiger charge is 2.34. The van der Waals surface area contributed by atoms with Gasteiger partial charge in [0.05, 0.1) is 16.7 Å². The van der Waals surface area contributed by atoms with Crippen molar-refractivity contribution in [2.24, 2.45) is 0 Å². The van der Waals surface area contributed by atoms with Gasteiger partial charge in [0.25, 0.3) is 0 Å². The van der Waals surface area contributed by atoms with Crippen LogP contribution in [0.1, 0.15) is 48.5 Å². The summed E-state index contributed by atoms with van der Waals surface area (Å²) in [5.74, 6) is 0.496. The second-order valence-electron chi connectivity index (χ2n) is 8.05. The fraction of sp³-hybridized carbons (Fsp3) is 0.292. The average Bonchev–Trinajstić information content (AvgIpc) is 3.44. The Balaban J connectivity index is 1.46. The largest absolute Gasteiger partial charge is 0.490 e. The van der Waals surface area contributed by atoms with E-state index < -0.39 is 9.84 Å². The number of rotatable bonds is 5. The molecule has 0 unspecified atom stereocenters. The van der Waals surface area contributed by atoms with Crippen LogP contribution in [0.4, 0.5) is 5.69 Å². The number of amides is 1. The first-order chi connectivity index (χ1) is 15.0. The van der Waals surface area contributed by atoms with Crippen molar-refractivity contribution in [3.63, 3.8) is 0 Å². The van der Waals surface area contributed by atoms with Crippen molar-refractivity contribution in [2.75, 3.05) is 5.32 Å². The summed E-state index contributed by atoms with van der Waals surface area (Å²) in [5.41, 5.74) is 1.40. The lowest BCUT2D eigenvalue weighted by atomic mass is 9.90. The summed E-state index contributed by atoms with van der Waals surface area (Å²) in [6.45, 7) is 0. The highest BCUT2D eigenvalue weighted by Crippen LogP contribution is 2.46. The van der Waals surface area contributed by atoms with Gasteiger partial charge >= 0.3 is 0 Å². The van der Waals surface area contributed by atoms with Crippen molar-refractivity contribution in [1.82, 2.24) is 0 Å². The number of benzene rings is 2. The first-order valence-corrected chi connectivity index (χ1v) is 12.9. The topological polar surface area (TPSA) is 72.5 Å². The number of hydrogen-bond acceptors (Lipinski definition) is 5. The standard InChI is InChI=1S/C24H23NO4S2/c26-22-14-20(16-10-12-18(13-11-16)29-17-6-4-5-7-17)24-23(25-22)21(15-30-24)31(27,28)19-8-2-1-3-9-19/h1-3,8-13,15,17,20H,4-7,14H2,(H,25,26)/t20-/m0/s1.